The Morgan fingerprint density at radius 2 is 1.00 bits per heavy atom. The summed E-state index contributed by atoms with van der Waals surface area (Å²) < 4.78 is 0. The minimum atomic E-state index is 0. The van der Waals surface area contributed by atoms with Gasteiger partial charge in [-0.1, -0.05) is 0 Å². The molecular weight excluding hydrogens is 283 g/mol. The molecule has 0 aromatic heterocycles. The van der Waals surface area contributed by atoms with Crippen molar-refractivity contribution in [1.82, 2.24) is 0 Å². The van der Waals surface area contributed by atoms with E-state index in [-0.39, 0.29) is 88.9 Å². The van der Waals surface area contributed by atoms with E-state index in [2.05, 4.69) is 0 Å². The number of hydrogen-bond donors (Lipinski definition) is 0. The normalized spacial score (nSPS) is 0. The predicted molar refractivity (Wildman–Crippen MR) is 0 cm³/mol. The molecule has 0 spiro atoms. The van der Waals surface area contributed by atoms with Gasteiger partial charge in [0, 0.05) is 88.9 Å². The molecule has 0 saturated carbocycles. The predicted octanol–water partition coefficient (Wildman–Crippen LogP) is -0.0100. The Hall–Kier alpha value is 2.92. The van der Waals surface area contributed by atoms with Gasteiger partial charge in [0.05, 0.1) is 0 Å². The monoisotopic (exact) mass is 282 g/mol. The van der Waals surface area contributed by atoms with Gasteiger partial charge in [0.1, 0.15) is 0 Å². The second-order valence-corrected chi connectivity index (χ2v) is 0. The molecule has 18 valence electrons. The summed E-state index contributed by atoms with van der Waals surface area (Å²) >= 11 is 0. The van der Waals surface area contributed by atoms with Crippen molar-refractivity contribution in [2.45, 2.75) is 0 Å². The summed E-state index contributed by atoms with van der Waals surface area (Å²) in [5.41, 5.74) is 0. The molecule has 0 aromatic carbocycles. The van der Waals surface area contributed by atoms with Crippen LogP contribution in [0.2, 0.25) is 0 Å². The van der Waals surface area contributed by atoms with Gasteiger partial charge < -0.3 is 0 Å². The fraction of sp³-hybridized carbons (Fsp3) is 0. The maximum absolute atomic E-state index is 0. The average molecular weight is 283 g/mol. The molecule has 0 aliphatic heterocycles. The van der Waals surface area contributed by atoms with E-state index in [9.17, 15) is 0 Å². The van der Waals surface area contributed by atoms with E-state index >= 15 is 0 Å². The van der Waals surface area contributed by atoms with Gasteiger partial charge >= 0.3 is 0 Å². The van der Waals surface area contributed by atoms with E-state index in [1.807, 2.05) is 0 Å². The van der Waals surface area contributed by atoms with Gasteiger partial charge in [0.15, 0.2) is 0 Å². The molecule has 0 aromatic rings. The molecule has 0 N–H and O–H groups in total. The molecule has 0 bridgehead atoms. The molecule has 0 unspecified atom stereocenters. The number of hydrogen-bond acceptors (Lipinski definition) is 0. The van der Waals surface area contributed by atoms with Crippen molar-refractivity contribution >= 4 is 0 Å². The smallest absolute Gasteiger partial charge is 0 e. The van der Waals surface area contributed by atoms with Crippen molar-refractivity contribution in [3.05, 3.63) is 0 Å². The fourth-order valence-electron chi connectivity index (χ4n) is 0. The Morgan fingerprint density at radius 3 is 1.00 bits per heavy atom. The van der Waals surface area contributed by atoms with Crippen LogP contribution in [-0.4, -0.2) is 0 Å². The Kier molecular flexibility index (Phi) is 119. The van der Waals surface area contributed by atoms with Crippen molar-refractivity contribution < 1.29 is 88.9 Å². The minimum absolute atomic E-state index is 0. The first-order valence-corrected chi connectivity index (χ1v) is 0. The molecule has 4 heavy (non-hydrogen) atoms. The fourth-order valence-corrected chi connectivity index (χ4v) is 0. The molecule has 0 atom stereocenters. The second kappa shape index (κ2) is 16.8. The van der Waals surface area contributed by atoms with Gasteiger partial charge in [-0.2, -0.15) is 0 Å². The van der Waals surface area contributed by atoms with Crippen LogP contribution in [0.25, 0.3) is 0 Å². The zero-order chi connectivity index (χ0) is 0. The zero-order valence-corrected chi connectivity index (χ0v) is 9.51. The molecule has 0 rings (SSSR count). The van der Waals surface area contributed by atoms with Crippen LogP contribution >= 0.6 is 0 Å². The molecule has 0 heterocycles. The third-order valence-corrected chi connectivity index (χ3v) is 0. The van der Waals surface area contributed by atoms with Crippen molar-refractivity contribution in [3.8, 4) is 0 Å². The summed E-state index contributed by atoms with van der Waals surface area (Å²) in [7, 11) is 0. The van der Waals surface area contributed by atoms with Gasteiger partial charge in [-0.25, -0.2) is 0 Å². The second-order valence-electron chi connectivity index (χ2n) is 0. The Morgan fingerprint density at radius 1 is 1.00 bits per heavy atom. The van der Waals surface area contributed by atoms with E-state index in [4.69, 9.17) is 0 Å². The van der Waals surface area contributed by atoms with Crippen LogP contribution in [0.5, 0.6) is 0 Å². The Bertz CT molecular complexity index is 8.00. The summed E-state index contributed by atoms with van der Waals surface area (Å²) in [6, 6.07) is 0. The Balaban J connectivity index is 0. The third kappa shape index (κ3) is 8.87. The summed E-state index contributed by atoms with van der Waals surface area (Å²) in [5, 5.41) is 0. The molecule has 0 nitrogen and oxygen atoms in total. The van der Waals surface area contributed by atoms with Crippen LogP contribution in [0.3, 0.4) is 0 Å². The molecule has 4 heteroatoms. The van der Waals surface area contributed by atoms with E-state index in [1.54, 1.807) is 0 Å². The maximum atomic E-state index is 0. The van der Waals surface area contributed by atoms with Gasteiger partial charge in [0.2, 0.25) is 0 Å². The molecule has 0 aliphatic rings. The summed E-state index contributed by atoms with van der Waals surface area (Å²) in [6.45, 7) is 0. The molecular formula is NbTiVZr. The first kappa shape index (κ1) is 28.4. The zero-order valence-electron chi connectivity index (χ0n) is 1.89. The van der Waals surface area contributed by atoms with Gasteiger partial charge in [0.25, 0.3) is 0 Å². The number of rotatable bonds is 0. The van der Waals surface area contributed by atoms with E-state index in [0.717, 1.165) is 0 Å². The van der Waals surface area contributed by atoms with E-state index < -0.39 is 0 Å². The summed E-state index contributed by atoms with van der Waals surface area (Å²) in [4.78, 5) is 0. The molecule has 0 aliphatic carbocycles. The first-order valence-electron chi connectivity index (χ1n) is 0. The quantitative estimate of drug-likeness (QED) is 0.549. The standard InChI is InChI=1S/Nb.Ti.V.Zr. The van der Waals surface area contributed by atoms with Gasteiger partial charge in [-0.15, -0.1) is 0 Å². The van der Waals surface area contributed by atoms with Crippen LogP contribution in [0.15, 0.2) is 0 Å². The Labute approximate surface area is 87.3 Å². The van der Waals surface area contributed by atoms with Gasteiger partial charge in [-0.05, 0) is 0 Å². The van der Waals surface area contributed by atoms with Crippen molar-refractivity contribution in [3.63, 3.8) is 0 Å². The topological polar surface area (TPSA) is 0 Å². The molecule has 0 saturated heterocycles. The molecule has 0 fully saturated rings. The van der Waals surface area contributed by atoms with Gasteiger partial charge in [-0.3, -0.25) is 0 Å². The summed E-state index contributed by atoms with van der Waals surface area (Å²) in [6.07, 6.45) is 0. The largest absolute Gasteiger partial charge is 0 e. The van der Waals surface area contributed by atoms with Crippen molar-refractivity contribution in [2.75, 3.05) is 0 Å². The van der Waals surface area contributed by atoms with Crippen molar-refractivity contribution in [1.29, 1.82) is 0 Å². The van der Waals surface area contributed by atoms with E-state index in [1.165, 1.54) is 0 Å². The molecule has 0 amide bonds. The third-order valence-electron chi connectivity index (χ3n) is 0. The first-order chi connectivity index (χ1) is 0. The maximum Gasteiger partial charge on any atom is 0 e. The minimum Gasteiger partial charge on any atom is 0 e. The van der Waals surface area contributed by atoms with Crippen LogP contribution in [-0.2, 0) is 88.9 Å². The van der Waals surface area contributed by atoms with Crippen LogP contribution < -0.4 is 0 Å². The molecule has 2 radical (unpaired) electrons. The van der Waals surface area contributed by atoms with Crippen LogP contribution in [0, 0.1) is 0 Å². The SMILES string of the molecule is [Nb].[Ti].[V].[Zr]. The van der Waals surface area contributed by atoms with Crippen molar-refractivity contribution in [2.24, 2.45) is 0 Å². The van der Waals surface area contributed by atoms with Crippen LogP contribution in [0.4, 0.5) is 0 Å². The summed E-state index contributed by atoms with van der Waals surface area (Å²) in [5.74, 6) is 0. The van der Waals surface area contributed by atoms with E-state index in [0.29, 0.717) is 0 Å². The average Bonchev–Trinajstić information content (AvgIpc) is 0. The van der Waals surface area contributed by atoms with Crippen LogP contribution in [0.1, 0.15) is 0 Å².